The van der Waals surface area contributed by atoms with Gasteiger partial charge in [-0.15, -0.1) is 0 Å². The van der Waals surface area contributed by atoms with Crippen LogP contribution in [0.25, 0.3) is 21.8 Å². The molecule has 0 saturated heterocycles. The zero-order chi connectivity index (χ0) is 21.4. The molecular weight excluding hydrogens is 386 g/mol. The normalized spacial score (nSPS) is 15.4. The molecular formula is C26H25N3O2. The van der Waals surface area contributed by atoms with Crippen molar-refractivity contribution in [2.24, 2.45) is 0 Å². The van der Waals surface area contributed by atoms with E-state index in [-0.39, 0.29) is 17.9 Å². The van der Waals surface area contributed by atoms with E-state index in [1.165, 1.54) is 11.3 Å². The van der Waals surface area contributed by atoms with Crippen molar-refractivity contribution >= 4 is 33.4 Å². The van der Waals surface area contributed by atoms with E-state index >= 15 is 0 Å². The molecule has 5 nitrogen and oxygen atoms in total. The highest BCUT2D eigenvalue weighted by atomic mass is 16.2. The van der Waals surface area contributed by atoms with Gasteiger partial charge >= 0.3 is 0 Å². The number of nitrogens with one attached hydrogen (secondary N) is 1. The first-order valence-corrected chi connectivity index (χ1v) is 10.7. The molecule has 1 N–H and O–H groups in total. The Hall–Kier alpha value is -3.60. The number of aromatic nitrogens is 1. The molecule has 5 rings (SSSR count). The second-order valence-electron chi connectivity index (χ2n) is 8.17. The Kier molecular flexibility index (Phi) is 4.94. The Morgan fingerprint density at radius 2 is 1.55 bits per heavy atom. The number of carbonyl (C=O) groups is 1. The van der Waals surface area contributed by atoms with Crippen LogP contribution < -0.4 is 15.6 Å². The van der Waals surface area contributed by atoms with Crippen molar-refractivity contribution in [1.29, 1.82) is 0 Å². The molecule has 156 valence electrons. The zero-order valence-electron chi connectivity index (χ0n) is 17.5. The smallest absolute Gasteiger partial charge is 0.240 e. The number of para-hydroxylation sites is 3. The lowest BCUT2D eigenvalue weighted by atomic mass is 10.1. The largest absolute Gasteiger partial charge is 0.367 e. The molecule has 2 heterocycles. The van der Waals surface area contributed by atoms with Gasteiger partial charge in [-0.05, 0) is 49.2 Å². The van der Waals surface area contributed by atoms with Crippen molar-refractivity contribution in [1.82, 2.24) is 9.88 Å². The number of rotatable bonds is 5. The summed E-state index contributed by atoms with van der Waals surface area (Å²) in [5.74, 6) is -0.0564. The van der Waals surface area contributed by atoms with Crippen molar-refractivity contribution in [3.05, 3.63) is 88.6 Å². The molecule has 0 spiro atoms. The molecule has 1 atom stereocenters. The summed E-state index contributed by atoms with van der Waals surface area (Å²) in [6, 6.07) is 23.9. The predicted octanol–water partition coefficient (Wildman–Crippen LogP) is 3.72. The molecule has 1 unspecified atom stereocenters. The van der Waals surface area contributed by atoms with Crippen molar-refractivity contribution in [2.75, 3.05) is 18.0 Å². The maximum Gasteiger partial charge on any atom is 0.240 e. The summed E-state index contributed by atoms with van der Waals surface area (Å²) in [6.07, 6.45) is 1.04. The summed E-state index contributed by atoms with van der Waals surface area (Å²) < 4.78 is 1.94. The summed E-state index contributed by atoms with van der Waals surface area (Å²) in [6.45, 7) is 3.75. The van der Waals surface area contributed by atoms with E-state index in [9.17, 15) is 9.59 Å². The van der Waals surface area contributed by atoms with E-state index in [1.54, 1.807) is 0 Å². The average molecular weight is 412 g/mol. The van der Waals surface area contributed by atoms with Crippen LogP contribution in [0.2, 0.25) is 0 Å². The second-order valence-corrected chi connectivity index (χ2v) is 8.17. The zero-order valence-corrected chi connectivity index (χ0v) is 17.5. The predicted molar refractivity (Wildman–Crippen MR) is 126 cm³/mol. The molecule has 3 aromatic carbocycles. The van der Waals surface area contributed by atoms with Gasteiger partial charge in [0.2, 0.25) is 5.91 Å². The van der Waals surface area contributed by atoms with E-state index in [0.29, 0.717) is 23.4 Å². The van der Waals surface area contributed by atoms with Crippen LogP contribution in [0.15, 0.2) is 77.6 Å². The van der Waals surface area contributed by atoms with Gasteiger partial charge in [-0.25, -0.2) is 0 Å². The minimum absolute atomic E-state index is 0.00421. The van der Waals surface area contributed by atoms with E-state index in [1.807, 2.05) is 53.1 Å². The van der Waals surface area contributed by atoms with Crippen LogP contribution in [0.4, 0.5) is 5.69 Å². The lowest BCUT2D eigenvalue weighted by Crippen LogP contribution is -2.39. The first kappa shape index (κ1) is 19.4. The Morgan fingerprint density at radius 3 is 2.26 bits per heavy atom. The Balaban J connectivity index is 1.35. The molecule has 0 saturated carbocycles. The standard InChI is InChI=1S/C26H25N3O2/c1-18-16-19-8-2-5-11-22(19)28(18)15-14-27-25(30)17-29-23-12-6-3-9-20(23)26(31)21-10-4-7-13-24(21)29/h2-13,18H,14-17H2,1H3,(H,27,30). The number of amides is 1. The van der Waals surface area contributed by atoms with Crippen LogP contribution >= 0.6 is 0 Å². The third-order valence-corrected chi connectivity index (χ3v) is 6.20. The van der Waals surface area contributed by atoms with Crippen molar-refractivity contribution in [2.45, 2.75) is 25.9 Å². The summed E-state index contributed by atoms with van der Waals surface area (Å²) >= 11 is 0. The summed E-state index contributed by atoms with van der Waals surface area (Å²) in [5.41, 5.74) is 4.20. The maximum atomic E-state index is 12.9. The molecule has 0 fully saturated rings. The molecule has 5 heteroatoms. The Morgan fingerprint density at radius 1 is 0.935 bits per heavy atom. The quantitative estimate of drug-likeness (QED) is 0.509. The maximum absolute atomic E-state index is 12.9. The van der Waals surface area contributed by atoms with Gasteiger partial charge in [0.1, 0.15) is 6.54 Å². The van der Waals surface area contributed by atoms with Crippen molar-refractivity contribution < 1.29 is 4.79 Å². The minimum Gasteiger partial charge on any atom is -0.367 e. The molecule has 1 aliphatic rings. The van der Waals surface area contributed by atoms with Crippen LogP contribution in [0, 0.1) is 0 Å². The van der Waals surface area contributed by atoms with Gasteiger partial charge in [-0.3, -0.25) is 9.59 Å². The van der Waals surface area contributed by atoms with E-state index in [4.69, 9.17) is 0 Å². The van der Waals surface area contributed by atoms with Gasteiger partial charge in [-0.2, -0.15) is 0 Å². The second kappa shape index (κ2) is 7.91. The molecule has 0 radical (unpaired) electrons. The van der Waals surface area contributed by atoms with Crippen LogP contribution in [0.1, 0.15) is 12.5 Å². The van der Waals surface area contributed by atoms with Crippen LogP contribution in [-0.2, 0) is 17.8 Å². The summed E-state index contributed by atoms with van der Waals surface area (Å²) in [4.78, 5) is 28.1. The molecule has 1 amide bonds. The number of pyridine rings is 1. The highest BCUT2D eigenvalue weighted by Gasteiger charge is 2.25. The Bertz CT molecular complexity index is 1280. The topological polar surface area (TPSA) is 54.3 Å². The monoisotopic (exact) mass is 411 g/mol. The third kappa shape index (κ3) is 3.46. The molecule has 4 aromatic rings. The fourth-order valence-corrected chi connectivity index (χ4v) is 4.73. The highest BCUT2D eigenvalue weighted by Crippen LogP contribution is 2.31. The van der Waals surface area contributed by atoms with Crippen molar-refractivity contribution in [3.8, 4) is 0 Å². The molecule has 0 aliphatic carbocycles. The number of nitrogens with zero attached hydrogens (tertiary/aromatic N) is 2. The van der Waals surface area contributed by atoms with E-state index in [2.05, 4.69) is 41.4 Å². The van der Waals surface area contributed by atoms with Crippen LogP contribution in [0.5, 0.6) is 0 Å². The number of anilines is 1. The fraction of sp³-hybridized carbons (Fsp3) is 0.231. The number of hydrogen-bond acceptors (Lipinski definition) is 3. The Labute approximate surface area is 180 Å². The van der Waals surface area contributed by atoms with Gasteiger partial charge in [0.15, 0.2) is 5.43 Å². The van der Waals surface area contributed by atoms with E-state index in [0.717, 1.165) is 24.0 Å². The average Bonchev–Trinajstić information content (AvgIpc) is 3.12. The SMILES string of the molecule is CC1Cc2ccccc2N1CCNC(=O)Cn1c2ccccc2c(=O)c2ccccc21. The minimum atomic E-state index is -0.0564. The van der Waals surface area contributed by atoms with Gasteiger partial charge in [0, 0.05) is 35.6 Å². The van der Waals surface area contributed by atoms with Crippen molar-refractivity contribution in [3.63, 3.8) is 0 Å². The van der Waals surface area contributed by atoms with E-state index < -0.39 is 0 Å². The summed E-state index contributed by atoms with van der Waals surface area (Å²) in [5, 5.41) is 4.35. The summed E-state index contributed by atoms with van der Waals surface area (Å²) in [7, 11) is 0. The fourth-order valence-electron chi connectivity index (χ4n) is 4.73. The van der Waals surface area contributed by atoms with Crippen LogP contribution in [0.3, 0.4) is 0 Å². The number of hydrogen-bond donors (Lipinski definition) is 1. The highest BCUT2D eigenvalue weighted by molar-refractivity contribution is 5.94. The third-order valence-electron chi connectivity index (χ3n) is 6.20. The number of fused-ring (bicyclic) bond motifs is 3. The van der Waals surface area contributed by atoms with Crippen LogP contribution in [-0.4, -0.2) is 29.6 Å². The van der Waals surface area contributed by atoms with Gasteiger partial charge in [-0.1, -0.05) is 42.5 Å². The first-order valence-electron chi connectivity index (χ1n) is 10.7. The number of benzene rings is 3. The molecule has 1 aromatic heterocycles. The lowest BCUT2D eigenvalue weighted by Gasteiger charge is -2.25. The van der Waals surface area contributed by atoms with Gasteiger partial charge in [0.25, 0.3) is 0 Å². The van der Waals surface area contributed by atoms with Gasteiger partial charge in [0.05, 0.1) is 11.0 Å². The first-order chi connectivity index (χ1) is 15.1. The van der Waals surface area contributed by atoms with Gasteiger partial charge < -0.3 is 14.8 Å². The molecule has 31 heavy (non-hydrogen) atoms. The molecule has 0 bridgehead atoms. The molecule has 1 aliphatic heterocycles. The lowest BCUT2D eigenvalue weighted by molar-refractivity contribution is -0.121. The number of carbonyl (C=O) groups excluding carboxylic acids is 1.